The van der Waals surface area contributed by atoms with Crippen LogP contribution in [0.2, 0.25) is 0 Å². The Morgan fingerprint density at radius 3 is 2.75 bits per heavy atom. The van der Waals surface area contributed by atoms with E-state index in [1.54, 1.807) is 6.08 Å². The molecule has 1 aliphatic heterocycles. The van der Waals surface area contributed by atoms with Crippen molar-refractivity contribution in [3.63, 3.8) is 0 Å². The monoisotopic (exact) mass is 168 g/mol. The van der Waals surface area contributed by atoms with Crippen molar-refractivity contribution in [2.24, 2.45) is 0 Å². The molecule has 0 aromatic carbocycles. The van der Waals surface area contributed by atoms with Gasteiger partial charge in [-0.2, -0.15) is 0 Å². The van der Waals surface area contributed by atoms with Crippen LogP contribution < -0.4 is 0 Å². The van der Waals surface area contributed by atoms with Gasteiger partial charge in [0.25, 0.3) is 0 Å². The molecule has 0 radical (unpaired) electrons. The minimum absolute atomic E-state index is 0.183. The molecule has 0 fully saturated rings. The summed E-state index contributed by atoms with van der Waals surface area (Å²) < 4.78 is 4.95. The van der Waals surface area contributed by atoms with Crippen LogP contribution in [0.3, 0.4) is 0 Å². The molecule has 1 heterocycles. The molecule has 12 heavy (non-hydrogen) atoms. The number of hydrogen-bond acceptors (Lipinski definition) is 2. The molecule has 0 atom stereocenters. The quantitative estimate of drug-likeness (QED) is 0.519. The maximum atomic E-state index is 10.9. The van der Waals surface area contributed by atoms with Crippen molar-refractivity contribution in [2.45, 2.75) is 38.5 Å². The van der Waals surface area contributed by atoms with E-state index < -0.39 is 0 Å². The van der Waals surface area contributed by atoms with Crippen molar-refractivity contribution in [1.82, 2.24) is 0 Å². The van der Waals surface area contributed by atoms with Gasteiger partial charge < -0.3 is 4.74 Å². The summed E-state index contributed by atoms with van der Waals surface area (Å²) in [6.07, 6.45) is 10.4. The van der Waals surface area contributed by atoms with Crippen LogP contribution in [0.5, 0.6) is 0 Å². The standard InChI is InChI=1S/C10H16O2/c11-10-8-6-4-2-1-3-5-7-9-12-10/h6,8H,1-5,7,9H2/b8-6+. The smallest absolute Gasteiger partial charge is 0.330 e. The van der Waals surface area contributed by atoms with Crippen molar-refractivity contribution in [3.8, 4) is 0 Å². The van der Waals surface area contributed by atoms with Crippen LogP contribution in [0.15, 0.2) is 12.2 Å². The highest BCUT2D eigenvalue weighted by molar-refractivity contribution is 5.81. The SMILES string of the molecule is O=C1/C=C/CCCCCCCO1. The maximum absolute atomic E-state index is 10.9. The van der Waals surface area contributed by atoms with E-state index in [4.69, 9.17) is 4.74 Å². The first-order valence-corrected chi connectivity index (χ1v) is 4.73. The normalized spacial score (nSPS) is 23.8. The Hall–Kier alpha value is -0.790. The summed E-state index contributed by atoms with van der Waals surface area (Å²) >= 11 is 0. The van der Waals surface area contributed by atoms with Gasteiger partial charge in [0.15, 0.2) is 0 Å². The lowest BCUT2D eigenvalue weighted by molar-refractivity contribution is -0.137. The fourth-order valence-corrected chi connectivity index (χ4v) is 1.30. The molecular formula is C10H16O2. The number of allylic oxidation sites excluding steroid dienone is 1. The summed E-state index contributed by atoms with van der Waals surface area (Å²) in [6.45, 7) is 0.586. The predicted molar refractivity (Wildman–Crippen MR) is 47.8 cm³/mol. The van der Waals surface area contributed by atoms with Crippen LogP contribution >= 0.6 is 0 Å². The Kier molecular flexibility index (Phi) is 4.50. The van der Waals surface area contributed by atoms with Gasteiger partial charge in [-0.15, -0.1) is 0 Å². The van der Waals surface area contributed by atoms with Gasteiger partial charge in [-0.3, -0.25) is 0 Å². The van der Waals surface area contributed by atoms with Gasteiger partial charge in [0, 0.05) is 6.08 Å². The lowest BCUT2D eigenvalue weighted by Gasteiger charge is -2.00. The molecule has 0 spiro atoms. The average molecular weight is 168 g/mol. The van der Waals surface area contributed by atoms with Crippen molar-refractivity contribution in [1.29, 1.82) is 0 Å². The number of carbonyl (C=O) groups excluding carboxylic acids is 1. The zero-order chi connectivity index (χ0) is 8.65. The summed E-state index contributed by atoms with van der Waals surface area (Å²) in [4.78, 5) is 10.9. The van der Waals surface area contributed by atoms with Crippen LogP contribution in [0.1, 0.15) is 38.5 Å². The second kappa shape index (κ2) is 5.81. The molecule has 68 valence electrons. The van der Waals surface area contributed by atoms with E-state index in [0.29, 0.717) is 6.61 Å². The molecule has 0 unspecified atom stereocenters. The third kappa shape index (κ3) is 4.16. The lowest BCUT2D eigenvalue weighted by atomic mass is 10.1. The molecule has 0 N–H and O–H groups in total. The molecule has 2 heteroatoms. The number of ether oxygens (including phenoxy) is 1. The van der Waals surface area contributed by atoms with Crippen LogP contribution in [0, 0.1) is 0 Å². The van der Waals surface area contributed by atoms with E-state index in [9.17, 15) is 4.79 Å². The minimum Gasteiger partial charge on any atom is -0.463 e. The molecule has 0 amide bonds. The first-order chi connectivity index (χ1) is 5.89. The summed E-state index contributed by atoms with van der Waals surface area (Å²) in [7, 11) is 0. The first kappa shape index (κ1) is 9.30. The zero-order valence-corrected chi connectivity index (χ0v) is 7.42. The van der Waals surface area contributed by atoms with E-state index in [-0.39, 0.29) is 5.97 Å². The van der Waals surface area contributed by atoms with E-state index in [1.165, 1.54) is 25.7 Å². The second-order valence-corrected chi connectivity index (χ2v) is 3.13. The van der Waals surface area contributed by atoms with Gasteiger partial charge in [0.05, 0.1) is 6.61 Å². The fraction of sp³-hybridized carbons (Fsp3) is 0.700. The van der Waals surface area contributed by atoms with Gasteiger partial charge in [-0.05, 0) is 19.3 Å². The van der Waals surface area contributed by atoms with Gasteiger partial charge in [0.1, 0.15) is 0 Å². The number of rotatable bonds is 0. The van der Waals surface area contributed by atoms with Gasteiger partial charge in [-0.25, -0.2) is 4.79 Å². The van der Waals surface area contributed by atoms with Crippen LogP contribution in [0.25, 0.3) is 0 Å². The zero-order valence-electron chi connectivity index (χ0n) is 7.42. The molecule has 0 aromatic heterocycles. The van der Waals surface area contributed by atoms with Crippen molar-refractivity contribution < 1.29 is 9.53 Å². The Morgan fingerprint density at radius 2 is 1.83 bits per heavy atom. The summed E-state index contributed by atoms with van der Waals surface area (Å²) in [5.41, 5.74) is 0. The third-order valence-corrected chi connectivity index (χ3v) is 2.01. The highest BCUT2D eigenvalue weighted by Crippen LogP contribution is 2.07. The number of cyclic esters (lactones) is 1. The first-order valence-electron chi connectivity index (χ1n) is 4.73. The fourth-order valence-electron chi connectivity index (χ4n) is 1.30. The molecule has 2 nitrogen and oxygen atoms in total. The molecule has 1 aliphatic rings. The molecule has 0 saturated carbocycles. The van der Waals surface area contributed by atoms with Crippen molar-refractivity contribution >= 4 is 5.97 Å². The maximum Gasteiger partial charge on any atom is 0.330 e. The van der Waals surface area contributed by atoms with E-state index >= 15 is 0 Å². The Bertz CT molecular complexity index is 161. The highest BCUT2D eigenvalue weighted by atomic mass is 16.5. The summed E-state index contributed by atoms with van der Waals surface area (Å²) in [6, 6.07) is 0. The van der Waals surface area contributed by atoms with Crippen LogP contribution in [-0.4, -0.2) is 12.6 Å². The molecule has 0 bridgehead atoms. The van der Waals surface area contributed by atoms with Crippen LogP contribution in [0.4, 0.5) is 0 Å². The summed E-state index contributed by atoms with van der Waals surface area (Å²) in [5.74, 6) is -0.183. The van der Waals surface area contributed by atoms with E-state index in [0.717, 1.165) is 12.8 Å². The minimum atomic E-state index is -0.183. The number of carbonyl (C=O) groups is 1. The van der Waals surface area contributed by atoms with Crippen molar-refractivity contribution in [3.05, 3.63) is 12.2 Å². The Labute approximate surface area is 73.6 Å². The molecule has 1 rings (SSSR count). The topological polar surface area (TPSA) is 26.3 Å². The van der Waals surface area contributed by atoms with E-state index in [1.807, 2.05) is 6.08 Å². The number of hydrogen-bond donors (Lipinski definition) is 0. The lowest BCUT2D eigenvalue weighted by Crippen LogP contribution is -2.01. The Morgan fingerprint density at radius 1 is 1.08 bits per heavy atom. The van der Waals surface area contributed by atoms with Crippen molar-refractivity contribution in [2.75, 3.05) is 6.61 Å². The van der Waals surface area contributed by atoms with Gasteiger partial charge in [-0.1, -0.05) is 25.3 Å². The third-order valence-electron chi connectivity index (χ3n) is 2.01. The van der Waals surface area contributed by atoms with Gasteiger partial charge >= 0.3 is 5.97 Å². The van der Waals surface area contributed by atoms with Crippen LogP contribution in [-0.2, 0) is 9.53 Å². The highest BCUT2D eigenvalue weighted by Gasteiger charge is 1.98. The summed E-state index contributed by atoms with van der Waals surface area (Å²) in [5, 5.41) is 0. The Balaban J connectivity index is 2.29. The molecule has 0 aromatic rings. The molecule has 0 saturated heterocycles. The number of esters is 1. The second-order valence-electron chi connectivity index (χ2n) is 3.13. The predicted octanol–water partition coefficient (Wildman–Crippen LogP) is 2.44. The van der Waals surface area contributed by atoms with Gasteiger partial charge in [0.2, 0.25) is 0 Å². The largest absolute Gasteiger partial charge is 0.463 e. The van der Waals surface area contributed by atoms with E-state index in [2.05, 4.69) is 0 Å². The molecule has 0 aliphatic carbocycles. The average Bonchev–Trinajstić information content (AvgIpc) is 2.11. The molecular weight excluding hydrogens is 152 g/mol.